The van der Waals surface area contributed by atoms with Crippen molar-refractivity contribution in [1.29, 1.82) is 0 Å². The van der Waals surface area contributed by atoms with E-state index in [2.05, 4.69) is 138 Å². The average Bonchev–Trinajstić information content (AvgIpc) is 3.24. The molecule has 2 heterocycles. The number of pyridine rings is 1. The normalized spacial score (nSPS) is 11.7. The molecule has 0 amide bonds. The molecule has 2 heteroatoms. The van der Waals surface area contributed by atoms with Crippen molar-refractivity contribution in [3.8, 4) is 50.5 Å². The number of nitrogens with zero attached hydrogens (tertiary/aromatic N) is 2. The topological polar surface area (TPSA) is 8.81 Å². The standard InChI is InChI=1S/C33H25N2/c1-22-12-11-19-29-31-27-17-7-5-15-25(27)23-13-3-4-14-24(23)26-16-6-8-18-28(26)33(31)35(32(22)29)30-20-9-10-21-34(30)2/h3-21H,1-2H3/q+1. The molecule has 4 aromatic carbocycles. The highest BCUT2D eigenvalue weighted by molar-refractivity contribution is 6.13. The first kappa shape index (κ1) is 20.0. The third kappa shape index (κ3) is 2.80. The summed E-state index contributed by atoms with van der Waals surface area (Å²) in [5.41, 5.74) is 12.7. The first-order valence-corrected chi connectivity index (χ1v) is 12.1. The summed E-state index contributed by atoms with van der Waals surface area (Å²) in [5, 5.41) is 1.28. The van der Waals surface area contributed by atoms with Crippen molar-refractivity contribution in [2.45, 2.75) is 6.92 Å². The van der Waals surface area contributed by atoms with Gasteiger partial charge in [0.2, 0.25) is 0 Å². The molecule has 7 rings (SSSR count). The van der Waals surface area contributed by atoms with Gasteiger partial charge in [-0.05, 0) is 52.4 Å². The molecule has 2 nitrogen and oxygen atoms in total. The van der Waals surface area contributed by atoms with Crippen LogP contribution in [0.3, 0.4) is 0 Å². The van der Waals surface area contributed by atoms with Gasteiger partial charge < -0.3 is 0 Å². The van der Waals surface area contributed by atoms with Crippen LogP contribution >= 0.6 is 0 Å². The monoisotopic (exact) mass is 449 g/mol. The summed E-state index contributed by atoms with van der Waals surface area (Å²) < 4.78 is 4.69. The van der Waals surface area contributed by atoms with Gasteiger partial charge in [-0.3, -0.25) is 0 Å². The summed E-state index contributed by atoms with van der Waals surface area (Å²) in [6.45, 7) is 2.22. The van der Waals surface area contributed by atoms with Crippen molar-refractivity contribution >= 4 is 10.9 Å². The van der Waals surface area contributed by atoms with Gasteiger partial charge in [0.05, 0.1) is 13.2 Å². The zero-order valence-electron chi connectivity index (χ0n) is 19.9. The number of benzene rings is 4. The summed E-state index contributed by atoms with van der Waals surface area (Å²) in [5.74, 6) is 1.15. The average molecular weight is 450 g/mol. The van der Waals surface area contributed by atoms with E-state index in [0.717, 1.165) is 5.82 Å². The number of rotatable bonds is 1. The Bertz CT molecular complexity index is 1770. The van der Waals surface area contributed by atoms with Gasteiger partial charge in [-0.25, -0.2) is 4.57 Å². The third-order valence-electron chi connectivity index (χ3n) is 7.33. The fourth-order valence-electron chi connectivity index (χ4n) is 5.83. The van der Waals surface area contributed by atoms with Gasteiger partial charge in [0, 0.05) is 22.6 Å². The fourth-order valence-corrected chi connectivity index (χ4v) is 5.83. The first-order chi connectivity index (χ1) is 17.2. The number of aromatic nitrogens is 2. The predicted octanol–water partition coefficient (Wildman–Crippen LogP) is 7.74. The van der Waals surface area contributed by atoms with Gasteiger partial charge in [0.1, 0.15) is 11.2 Å². The lowest BCUT2D eigenvalue weighted by molar-refractivity contribution is -0.665. The van der Waals surface area contributed by atoms with Crippen molar-refractivity contribution in [3.05, 3.63) is 121 Å². The van der Waals surface area contributed by atoms with Crippen LogP contribution in [0.15, 0.2) is 115 Å². The molecule has 0 unspecified atom stereocenters. The Kier molecular flexibility index (Phi) is 4.31. The molecule has 2 aromatic heterocycles. The molecule has 0 radical (unpaired) electrons. The maximum atomic E-state index is 2.48. The number of para-hydroxylation sites is 1. The Hall–Kier alpha value is -4.43. The predicted molar refractivity (Wildman–Crippen MR) is 144 cm³/mol. The highest BCUT2D eigenvalue weighted by atomic mass is 15.1. The molecular weight excluding hydrogens is 424 g/mol. The second kappa shape index (κ2) is 7.54. The van der Waals surface area contributed by atoms with Gasteiger partial charge in [-0.15, -0.1) is 0 Å². The van der Waals surface area contributed by atoms with E-state index < -0.39 is 0 Å². The van der Waals surface area contributed by atoms with Crippen LogP contribution in [-0.2, 0) is 7.05 Å². The highest BCUT2D eigenvalue weighted by Gasteiger charge is 2.33. The summed E-state index contributed by atoms with van der Waals surface area (Å²) in [6, 6.07) is 39.7. The van der Waals surface area contributed by atoms with Crippen LogP contribution in [-0.4, -0.2) is 4.57 Å². The Morgan fingerprint density at radius 3 is 1.74 bits per heavy atom. The maximum absolute atomic E-state index is 2.48. The summed E-state index contributed by atoms with van der Waals surface area (Å²) in [6.07, 6.45) is 2.13. The summed E-state index contributed by atoms with van der Waals surface area (Å²) >= 11 is 0. The van der Waals surface area contributed by atoms with E-state index in [-0.39, 0.29) is 0 Å². The lowest BCUT2D eigenvalue weighted by Crippen LogP contribution is -2.33. The Balaban J connectivity index is 1.79. The molecule has 6 aromatic rings. The molecule has 1 aliphatic rings. The number of fused-ring (bicyclic) bond motifs is 10. The van der Waals surface area contributed by atoms with Gasteiger partial charge in [-0.1, -0.05) is 91.0 Å². The zero-order chi connectivity index (χ0) is 23.5. The van der Waals surface area contributed by atoms with Crippen LogP contribution in [0.5, 0.6) is 0 Å². The minimum absolute atomic E-state index is 1.15. The van der Waals surface area contributed by atoms with E-state index in [1.54, 1.807) is 0 Å². The molecule has 0 aliphatic heterocycles. The minimum Gasteiger partial charge on any atom is -0.237 e. The molecule has 0 spiro atoms. The smallest absolute Gasteiger partial charge is 0.237 e. The van der Waals surface area contributed by atoms with E-state index in [1.165, 1.54) is 61.1 Å². The van der Waals surface area contributed by atoms with Crippen LogP contribution in [0.1, 0.15) is 5.56 Å². The number of hydrogen-bond donors (Lipinski definition) is 0. The van der Waals surface area contributed by atoms with Crippen LogP contribution in [0, 0.1) is 6.92 Å². The van der Waals surface area contributed by atoms with Crippen molar-refractivity contribution in [2.24, 2.45) is 7.05 Å². The molecule has 0 bridgehead atoms. The quantitative estimate of drug-likeness (QED) is 0.227. The van der Waals surface area contributed by atoms with E-state index in [0.29, 0.717) is 0 Å². The van der Waals surface area contributed by atoms with Crippen LogP contribution in [0.25, 0.3) is 61.4 Å². The maximum Gasteiger partial charge on any atom is 0.286 e. The second-order valence-electron chi connectivity index (χ2n) is 9.34. The van der Waals surface area contributed by atoms with E-state index in [9.17, 15) is 0 Å². The zero-order valence-corrected chi connectivity index (χ0v) is 19.9. The fraction of sp³-hybridized carbons (Fsp3) is 0.0606. The van der Waals surface area contributed by atoms with Gasteiger partial charge >= 0.3 is 0 Å². The number of aryl methyl sites for hydroxylation is 2. The molecule has 0 saturated heterocycles. The molecule has 166 valence electrons. The van der Waals surface area contributed by atoms with Crippen molar-refractivity contribution in [2.75, 3.05) is 0 Å². The van der Waals surface area contributed by atoms with Gasteiger partial charge in [0.25, 0.3) is 5.82 Å². The molecule has 35 heavy (non-hydrogen) atoms. The summed E-state index contributed by atoms with van der Waals surface area (Å²) in [7, 11) is 2.13. The Morgan fingerprint density at radius 2 is 1.09 bits per heavy atom. The summed E-state index contributed by atoms with van der Waals surface area (Å²) in [4.78, 5) is 0. The van der Waals surface area contributed by atoms with E-state index in [1.807, 2.05) is 0 Å². The third-order valence-corrected chi connectivity index (χ3v) is 7.33. The molecule has 0 saturated carbocycles. The van der Waals surface area contributed by atoms with Crippen LogP contribution < -0.4 is 4.57 Å². The van der Waals surface area contributed by atoms with E-state index in [4.69, 9.17) is 0 Å². The highest BCUT2D eigenvalue weighted by Crippen LogP contribution is 2.51. The van der Waals surface area contributed by atoms with Crippen molar-refractivity contribution in [3.63, 3.8) is 0 Å². The molecule has 1 aliphatic carbocycles. The van der Waals surface area contributed by atoms with Gasteiger partial charge in [0.15, 0.2) is 0 Å². The largest absolute Gasteiger partial charge is 0.286 e. The Labute approximate surface area is 205 Å². The Morgan fingerprint density at radius 1 is 0.543 bits per heavy atom. The lowest BCUT2D eigenvalue weighted by atomic mass is 9.82. The molecule has 0 N–H and O–H groups in total. The van der Waals surface area contributed by atoms with E-state index >= 15 is 0 Å². The van der Waals surface area contributed by atoms with Gasteiger partial charge in [-0.2, -0.15) is 4.57 Å². The SMILES string of the molecule is Cc1cccc2c3c(n(-c4cccc[n+]4C)c12)-c1ccccc1-c1ccccc1-c1ccccc1-3. The van der Waals surface area contributed by atoms with Crippen LogP contribution in [0.4, 0.5) is 0 Å². The lowest BCUT2D eigenvalue weighted by Gasteiger charge is -2.20. The molecular formula is C33H25N2+. The number of hydrogen-bond acceptors (Lipinski definition) is 0. The van der Waals surface area contributed by atoms with Crippen molar-refractivity contribution in [1.82, 2.24) is 4.57 Å². The van der Waals surface area contributed by atoms with Crippen LogP contribution in [0.2, 0.25) is 0 Å². The minimum atomic E-state index is 1.15. The van der Waals surface area contributed by atoms with Crippen molar-refractivity contribution < 1.29 is 4.57 Å². The first-order valence-electron chi connectivity index (χ1n) is 12.1. The molecule has 0 fully saturated rings. The second-order valence-corrected chi connectivity index (χ2v) is 9.34. The molecule has 0 atom stereocenters.